The molecule has 0 aromatic carbocycles. The van der Waals surface area contributed by atoms with Gasteiger partial charge in [0.1, 0.15) is 0 Å². The first-order chi connectivity index (χ1) is 8.97. The van der Waals surface area contributed by atoms with Gasteiger partial charge in [0.05, 0.1) is 0 Å². The Hall–Kier alpha value is -0.0800. The predicted molar refractivity (Wildman–Crippen MR) is 85.3 cm³/mol. The Labute approximate surface area is 121 Å². The minimum atomic E-state index is 0.407. The first kappa shape index (κ1) is 17.0. The molecule has 0 saturated heterocycles. The highest BCUT2D eigenvalue weighted by molar-refractivity contribution is 4.76. The van der Waals surface area contributed by atoms with Gasteiger partial charge in [0, 0.05) is 6.54 Å². The maximum absolute atomic E-state index is 5.76. The number of rotatable bonds is 9. The van der Waals surface area contributed by atoms with Gasteiger partial charge in [0.2, 0.25) is 0 Å². The second-order valence-electron chi connectivity index (χ2n) is 7.47. The Bertz CT molecular complexity index is 228. The van der Waals surface area contributed by atoms with E-state index in [1.54, 1.807) is 0 Å². The SMILES string of the molecule is CCN(CCCC(CCN)C(C)(C)C)CC1CCC1. The minimum Gasteiger partial charge on any atom is -0.330 e. The van der Waals surface area contributed by atoms with Crippen molar-refractivity contribution >= 4 is 0 Å². The van der Waals surface area contributed by atoms with E-state index in [4.69, 9.17) is 5.73 Å². The van der Waals surface area contributed by atoms with Gasteiger partial charge in [-0.05, 0) is 69.0 Å². The Morgan fingerprint density at radius 2 is 1.89 bits per heavy atom. The molecule has 2 nitrogen and oxygen atoms in total. The van der Waals surface area contributed by atoms with Crippen molar-refractivity contribution in [2.24, 2.45) is 23.0 Å². The van der Waals surface area contributed by atoms with Crippen molar-refractivity contribution in [2.75, 3.05) is 26.2 Å². The molecule has 0 radical (unpaired) electrons. The van der Waals surface area contributed by atoms with Crippen molar-refractivity contribution in [2.45, 2.75) is 66.2 Å². The van der Waals surface area contributed by atoms with Crippen LogP contribution in [0.2, 0.25) is 0 Å². The van der Waals surface area contributed by atoms with E-state index in [1.807, 2.05) is 0 Å². The summed E-state index contributed by atoms with van der Waals surface area (Å²) >= 11 is 0. The van der Waals surface area contributed by atoms with Crippen LogP contribution in [0.3, 0.4) is 0 Å². The molecule has 19 heavy (non-hydrogen) atoms. The molecule has 2 N–H and O–H groups in total. The van der Waals surface area contributed by atoms with Crippen LogP contribution < -0.4 is 5.73 Å². The zero-order chi connectivity index (χ0) is 14.3. The number of nitrogens with two attached hydrogens (primary N) is 1. The first-order valence-corrected chi connectivity index (χ1v) is 8.39. The fourth-order valence-electron chi connectivity index (χ4n) is 3.19. The molecule has 114 valence electrons. The molecule has 2 heteroatoms. The predicted octanol–water partition coefficient (Wildman–Crippen LogP) is 3.90. The average molecular weight is 268 g/mol. The maximum atomic E-state index is 5.76. The zero-order valence-electron chi connectivity index (χ0n) is 13.8. The second kappa shape index (κ2) is 8.26. The Morgan fingerprint density at radius 3 is 2.32 bits per heavy atom. The molecule has 1 atom stereocenters. The highest BCUT2D eigenvalue weighted by Gasteiger charge is 2.24. The van der Waals surface area contributed by atoms with Crippen molar-refractivity contribution in [3.05, 3.63) is 0 Å². The molecule has 1 saturated carbocycles. The number of hydrogen-bond donors (Lipinski definition) is 1. The van der Waals surface area contributed by atoms with Crippen LogP contribution in [-0.2, 0) is 0 Å². The summed E-state index contributed by atoms with van der Waals surface area (Å²) in [5.41, 5.74) is 6.17. The Kier molecular flexibility index (Phi) is 7.38. The minimum absolute atomic E-state index is 0.407. The van der Waals surface area contributed by atoms with E-state index in [2.05, 4.69) is 32.6 Å². The van der Waals surface area contributed by atoms with Crippen LogP contribution in [0.15, 0.2) is 0 Å². The molecule has 0 aliphatic heterocycles. The van der Waals surface area contributed by atoms with Crippen molar-refractivity contribution < 1.29 is 0 Å². The van der Waals surface area contributed by atoms with E-state index in [0.29, 0.717) is 5.41 Å². The topological polar surface area (TPSA) is 29.3 Å². The first-order valence-electron chi connectivity index (χ1n) is 8.39. The van der Waals surface area contributed by atoms with E-state index < -0.39 is 0 Å². The lowest BCUT2D eigenvalue weighted by molar-refractivity contribution is 0.164. The molecular weight excluding hydrogens is 232 g/mol. The van der Waals surface area contributed by atoms with Gasteiger partial charge < -0.3 is 10.6 Å². The highest BCUT2D eigenvalue weighted by atomic mass is 15.1. The van der Waals surface area contributed by atoms with Crippen molar-refractivity contribution in [3.63, 3.8) is 0 Å². The molecule has 0 aromatic heterocycles. The number of hydrogen-bond acceptors (Lipinski definition) is 2. The molecule has 0 bridgehead atoms. The summed E-state index contributed by atoms with van der Waals surface area (Å²) in [7, 11) is 0. The lowest BCUT2D eigenvalue weighted by atomic mass is 9.76. The molecule has 1 rings (SSSR count). The summed E-state index contributed by atoms with van der Waals surface area (Å²) in [5.74, 6) is 1.78. The van der Waals surface area contributed by atoms with Gasteiger partial charge in [0.15, 0.2) is 0 Å². The lowest BCUT2D eigenvalue weighted by Gasteiger charge is -2.33. The molecule has 1 unspecified atom stereocenters. The Morgan fingerprint density at radius 1 is 1.21 bits per heavy atom. The fraction of sp³-hybridized carbons (Fsp3) is 1.00. The number of nitrogens with zero attached hydrogens (tertiary/aromatic N) is 1. The van der Waals surface area contributed by atoms with Gasteiger partial charge in [-0.3, -0.25) is 0 Å². The summed E-state index contributed by atoms with van der Waals surface area (Å²) in [6.45, 7) is 14.1. The van der Waals surface area contributed by atoms with Gasteiger partial charge in [0.25, 0.3) is 0 Å². The fourth-order valence-corrected chi connectivity index (χ4v) is 3.19. The van der Waals surface area contributed by atoms with Crippen LogP contribution in [0, 0.1) is 17.3 Å². The molecule has 1 aliphatic rings. The maximum Gasteiger partial charge on any atom is 0.000954 e. The van der Waals surface area contributed by atoms with Crippen molar-refractivity contribution in [1.82, 2.24) is 4.90 Å². The smallest absolute Gasteiger partial charge is 0.000954 e. The summed E-state index contributed by atoms with van der Waals surface area (Å²) in [5, 5.41) is 0. The van der Waals surface area contributed by atoms with Crippen molar-refractivity contribution in [3.8, 4) is 0 Å². The van der Waals surface area contributed by atoms with Crippen LogP contribution in [0.5, 0.6) is 0 Å². The molecule has 0 aromatic rings. The van der Waals surface area contributed by atoms with E-state index in [1.165, 1.54) is 58.2 Å². The quantitative estimate of drug-likeness (QED) is 0.687. The van der Waals surface area contributed by atoms with Crippen LogP contribution >= 0.6 is 0 Å². The molecule has 1 fully saturated rings. The third-order valence-electron chi connectivity index (χ3n) is 4.96. The lowest BCUT2D eigenvalue weighted by Crippen LogP contribution is -2.33. The van der Waals surface area contributed by atoms with E-state index in [0.717, 1.165) is 18.4 Å². The molecule has 0 spiro atoms. The molecule has 1 aliphatic carbocycles. The molecular formula is C17H36N2. The normalized spacial score (nSPS) is 18.6. The molecule has 0 heterocycles. The van der Waals surface area contributed by atoms with Gasteiger partial charge in [-0.1, -0.05) is 34.1 Å². The van der Waals surface area contributed by atoms with Crippen LogP contribution in [0.1, 0.15) is 66.2 Å². The van der Waals surface area contributed by atoms with Gasteiger partial charge >= 0.3 is 0 Å². The highest BCUT2D eigenvalue weighted by Crippen LogP contribution is 2.32. The van der Waals surface area contributed by atoms with Crippen LogP contribution in [0.4, 0.5) is 0 Å². The molecule has 0 amide bonds. The van der Waals surface area contributed by atoms with E-state index in [-0.39, 0.29) is 0 Å². The summed E-state index contributed by atoms with van der Waals surface area (Å²) in [6.07, 6.45) is 8.25. The van der Waals surface area contributed by atoms with E-state index in [9.17, 15) is 0 Å². The largest absolute Gasteiger partial charge is 0.330 e. The van der Waals surface area contributed by atoms with E-state index >= 15 is 0 Å². The summed E-state index contributed by atoms with van der Waals surface area (Å²) in [6, 6.07) is 0. The van der Waals surface area contributed by atoms with Crippen LogP contribution in [0.25, 0.3) is 0 Å². The van der Waals surface area contributed by atoms with Gasteiger partial charge in [-0.2, -0.15) is 0 Å². The second-order valence-corrected chi connectivity index (χ2v) is 7.47. The standard InChI is InChI=1S/C17H36N2/c1-5-19(14-15-8-6-9-15)13-7-10-16(11-12-18)17(2,3)4/h15-16H,5-14,18H2,1-4H3. The summed E-state index contributed by atoms with van der Waals surface area (Å²) in [4.78, 5) is 2.66. The van der Waals surface area contributed by atoms with Gasteiger partial charge in [-0.15, -0.1) is 0 Å². The Balaban J connectivity index is 2.24. The van der Waals surface area contributed by atoms with Crippen molar-refractivity contribution in [1.29, 1.82) is 0 Å². The monoisotopic (exact) mass is 268 g/mol. The van der Waals surface area contributed by atoms with Gasteiger partial charge in [-0.25, -0.2) is 0 Å². The van der Waals surface area contributed by atoms with Crippen LogP contribution in [-0.4, -0.2) is 31.1 Å². The average Bonchev–Trinajstić information content (AvgIpc) is 2.28. The third kappa shape index (κ3) is 6.27. The summed E-state index contributed by atoms with van der Waals surface area (Å²) < 4.78 is 0. The zero-order valence-corrected chi connectivity index (χ0v) is 13.8. The third-order valence-corrected chi connectivity index (χ3v) is 4.96.